The van der Waals surface area contributed by atoms with Crippen LogP contribution in [0.1, 0.15) is 59.6 Å². The van der Waals surface area contributed by atoms with Crippen molar-refractivity contribution in [3.63, 3.8) is 0 Å². The van der Waals surface area contributed by atoms with Crippen LogP contribution in [-0.4, -0.2) is 25.7 Å². The third kappa shape index (κ3) is 2.67. The SMILES string of the molecule is O=C(NCc1nnc(C2CC2)n1C1CC1)c1cccc2ncccc12. The van der Waals surface area contributed by atoms with Crippen molar-refractivity contribution in [3.8, 4) is 0 Å². The van der Waals surface area contributed by atoms with Crippen molar-refractivity contribution in [3.05, 3.63) is 53.7 Å². The second-order valence-corrected chi connectivity index (χ2v) is 6.91. The number of benzene rings is 1. The fraction of sp³-hybridized carbons (Fsp3) is 0.368. The summed E-state index contributed by atoms with van der Waals surface area (Å²) < 4.78 is 2.27. The molecule has 2 saturated carbocycles. The van der Waals surface area contributed by atoms with Crippen molar-refractivity contribution in [2.45, 2.75) is 44.2 Å². The van der Waals surface area contributed by atoms with E-state index < -0.39 is 0 Å². The molecule has 6 heteroatoms. The molecule has 2 aliphatic carbocycles. The van der Waals surface area contributed by atoms with Gasteiger partial charge in [0, 0.05) is 29.1 Å². The minimum atomic E-state index is -0.100. The largest absolute Gasteiger partial charge is 0.345 e. The predicted molar refractivity (Wildman–Crippen MR) is 93.2 cm³/mol. The summed E-state index contributed by atoms with van der Waals surface area (Å²) >= 11 is 0. The Morgan fingerprint density at radius 2 is 2.00 bits per heavy atom. The molecule has 0 saturated heterocycles. The first-order chi connectivity index (χ1) is 12.3. The standard InChI is InChI=1S/C19H19N5O/c25-19(15-3-1-5-16-14(15)4-2-10-20-16)21-11-17-22-23-18(12-6-7-12)24(17)13-8-9-13/h1-5,10,12-13H,6-9,11H2,(H,21,25). The van der Waals surface area contributed by atoms with Gasteiger partial charge in [0.05, 0.1) is 12.1 Å². The summed E-state index contributed by atoms with van der Waals surface area (Å²) in [5.41, 5.74) is 1.47. The normalized spacial score (nSPS) is 17.0. The lowest BCUT2D eigenvalue weighted by atomic mass is 10.1. The molecule has 2 aromatic heterocycles. The molecule has 0 spiro atoms. The highest BCUT2D eigenvalue weighted by Gasteiger charge is 2.36. The van der Waals surface area contributed by atoms with Gasteiger partial charge in [-0.05, 0) is 43.9 Å². The highest BCUT2D eigenvalue weighted by molar-refractivity contribution is 6.06. The molecule has 0 aliphatic heterocycles. The molecule has 0 bridgehead atoms. The zero-order valence-electron chi connectivity index (χ0n) is 13.9. The smallest absolute Gasteiger partial charge is 0.252 e. The van der Waals surface area contributed by atoms with Gasteiger partial charge in [0.1, 0.15) is 5.82 Å². The Morgan fingerprint density at radius 1 is 1.12 bits per heavy atom. The van der Waals surface area contributed by atoms with Gasteiger partial charge in [-0.25, -0.2) is 0 Å². The number of carbonyl (C=O) groups is 1. The summed E-state index contributed by atoms with van der Waals surface area (Å²) in [7, 11) is 0. The summed E-state index contributed by atoms with van der Waals surface area (Å²) in [6.45, 7) is 0.408. The first kappa shape index (κ1) is 14.6. The van der Waals surface area contributed by atoms with Crippen molar-refractivity contribution in [1.29, 1.82) is 0 Å². The Hall–Kier alpha value is -2.76. The number of fused-ring (bicyclic) bond motifs is 1. The van der Waals surface area contributed by atoms with Gasteiger partial charge in [-0.1, -0.05) is 12.1 Å². The average Bonchev–Trinajstić information content (AvgIpc) is 3.58. The summed E-state index contributed by atoms with van der Waals surface area (Å²) in [6, 6.07) is 9.92. The van der Waals surface area contributed by atoms with Crippen LogP contribution in [0.4, 0.5) is 0 Å². The van der Waals surface area contributed by atoms with Gasteiger partial charge in [-0.2, -0.15) is 0 Å². The maximum atomic E-state index is 12.7. The number of nitrogens with one attached hydrogen (secondary N) is 1. The summed E-state index contributed by atoms with van der Waals surface area (Å²) in [5.74, 6) is 2.45. The van der Waals surface area contributed by atoms with E-state index in [-0.39, 0.29) is 5.91 Å². The minimum absolute atomic E-state index is 0.100. The van der Waals surface area contributed by atoms with Crippen molar-refractivity contribution in [2.24, 2.45) is 0 Å². The highest BCUT2D eigenvalue weighted by atomic mass is 16.1. The Kier molecular flexibility index (Phi) is 3.29. The summed E-state index contributed by atoms with van der Waals surface area (Å²) in [4.78, 5) is 17.0. The Bertz CT molecular complexity index is 950. The third-order valence-electron chi connectivity index (χ3n) is 4.94. The lowest BCUT2D eigenvalue weighted by molar-refractivity contribution is 0.0951. The van der Waals surface area contributed by atoms with Crippen molar-refractivity contribution in [1.82, 2.24) is 25.1 Å². The van der Waals surface area contributed by atoms with Crippen LogP contribution in [0.3, 0.4) is 0 Å². The topological polar surface area (TPSA) is 72.7 Å². The molecule has 0 unspecified atom stereocenters. The second-order valence-electron chi connectivity index (χ2n) is 6.91. The van der Waals surface area contributed by atoms with Crippen molar-refractivity contribution >= 4 is 16.8 Å². The number of aromatic nitrogens is 4. The number of nitrogens with zero attached hydrogens (tertiary/aromatic N) is 4. The van der Waals surface area contributed by atoms with Crippen LogP contribution >= 0.6 is 0 Å². The zero-order chi connectivity index (χ0) is 16.8. The molecule has 6 nitrogen and oxygen atoms in total. The van der Waals surface area contributed by atoms with Gasteiger partial charge in [0.25, 0.3) is 5.91 Å². The third-order valence-corrected chi connectivity index (χ3v) is 4.94. The van der Waals surface area contributed by atoms with Crippen LogP contribution in [0, 0.1) is 0 Å². The molecule has 2 fully saturated rings. The van der Waals surface area contributed by atoms with Gasteiger partial charge in [0.15, 0.2) is 5.82 Å². The molecule has 126 valence electrons. The maximum absolute atomic E-state index is 12.7. The monoisotopic (exact) mass is 333 g/mol. The molecule has 2 heterocycles. The van der Waals surface area contributed by atoms with Crippen LogP contribution in [-0.2, 0) is 6.54 Å². The van der Waals surface area contributed by atoms with Gasteiger partial charge >= 0.3 is 0 Å². The predicted octanol–water partition coefficient (Wildman–Crippen LogP) is 2.97. The van der Waals surface area contributed by atoms with Crippen LogP contribution in [0.5, 0.6) is 0 Å². The number of amides is 1. The molecule has 1 amide bonds. The van der Waals surface area contributed by atoms with E-state index in [1.807, 2.05) is 30.3 Å². The van der Waals surface area contributed by atoms with E-state index in [1.165, 1.54) is 25.7 Å². The summed E-state index contributed by atoms with van der Waals surface area (Å²) in [6.07, 6.45) is 6.53. The van der Waals surface area contributed by atoms with E-state index >= 15 is 0 Å². The zero-order valence-corrected chi connectivity index (χ0v) is 13.9. The van der Waals surface area contributed by atoms with E-state index in [2.05, 4.69) is 25.1 Å². The van der Waals surface area contributed by atoms with Crippen molar-refractivity contribution in [2.75, 3.05) is 0 Å². The first-order valence-electron chi connectivity index (χ1n) is 8.87. The van der Waals surface area contributed by atoms with Crippen LogP contribution < -0.4 is 5.32 Å². The Morgan fingerprint density at radius 3 is 2.80 bits per heavy atom. The quantitative estimate of drug-likeness (QED) is 0.779. The first-order valence-corrected chi connectivity index (χ1v) is 8.87. The molecule has 0 atom stereocenters. The van der Waals surface area contributed by atoms with Gasteiger partial charge in [0.2, 0.25) is 0 Å². The number of hydrogen-bond donors (Lipinski definition) is 1. The lowest BCUT2D eigenvalue weighted by Crippen LogP contribution is -2.25. The van der Waals surface area contributed by atoms with E-state index in [9.17, 15) is 4.79 Å². The molecule has 1 aromatic carbocycles. The Labute approximate surface area is 145 Å². The maximum Gasteiger partial charge on any atom is 0.252 e. The van der Waals surface area contributed by atoms with Gasteiger partial charge < -0.3 is 9.88 Å². The number of carbonyl (C=O) groups excluding carboxylic acids is 1. The molecule has 25 heavy (non-hydrogen) atoms. The molecule has 2 aliphatic rings. The van der Waals surface area contributed by atoms with Gasteiger partial charge in [-0.15, -0.1) is 10.2 Å². The fourth-order valence-electron chi connectivity index (χ4n) is 3.36. The van der Waals surface area contributed by atoms with Crippen LogP contribution in [0.25, 0.3) is 10.9 Å². The highest BCUT2D eigenvalue weighted by Crippen LogP contribution is 2.44. The van der Waals surface area contributed by atoms with Crippen LogP contribution in [0.2, 0.25) is 0 Å². The Balaban J connectivity index is 1.38. The van der Waals surface area contributed by atoms with E-state index in [0.717, 1.165) is 22.6 Å². The second kappa shape index (κ2) is 5.65. The van der Waals surface area contributed by atoms with E-state index in [1.54, 1.807) is 6.20 Å². The molecular weight excluding hydrogens is 314 g/mol. The number of pyridine rings is 1. The molecule has 1 N–H and O–H groups in total. The number of rotatable bonds is 5. The molecule has 0 radical (unpaired) electrons. The molecule has 5 rings (SSSR count). The molecular formula is C19H19N5O. The lowest BCUT2D eigenvalue weighted by Gasteiger charge is -2.10. The van der Waals surface area contributed by atoms with Crippen LogP contribution in [0.15, 0.2) is 36.5 Å². The van der Waals surface area contributed by atoms with Gasteiger partial charge in [-0.3, -0.25) is 9.78 Å². The van der Waals surface area contributed by atoms with Crippen molar-refractivity contribution < 1.29 is 4.79 Å². The average molecular weight is 333 g/mol. The number of hydrogen-bond acceptors (Lipinski definition) is 4. The van der Waals surface area contributed by atoms with E-state index in [4.69, 9.17) is 0 Å². The molecule has 3 aromatic rings. The summed E-state index contributed by atoms with van der Waals surface area (Å²) in [5, 5.41) is 12.6. The van der Waals surface area contributed by atoms with E-state index in [0.29, 0.717) is 24.1 Å². The minimum Gasteiger partial charge on any atom is -0.345 e. The fourth-order valence-corrected chi connectivity index (χ4v) is 3.36.